The van der Waals surface area contributed by atoms with E-state index >= 15 is 0 Å². The van der Waals surface area contributed by atoms with Crippen LogP contribution in [-0.4, -0.2) is 24.9 Å². The summed E-state index contributed by atoms with van der Waals surface area (Å²) in [5.41, 5.74) is 1.42. The van der Waals surface area contributed by atoms with Crippen LogP contribution in [0.15, 0.2) is 30.3 Å². The molecule has 0 atom stereocenters. The number of aryl methyl sites for hydroxylation is 1. The van der Waals surface area contributed by atoms with Gasteiger partial charge in [0.1, 0.15) is 0 Å². The fourth-order valence-corrected chi connectivity index (χ4v) is 1.95. The Morgan fingerprint density at radius 1 is 0.778 bits per heavy atom. The first-order chi connectivity index (χ1) is 8.93. The van der Waals surface area contributed by atoms with Crippen molar-refractivity contribution in [2.75, 3.05) is 19.8 Å². The van der Waals surface area contributed by atoms with Gasteiger partial charge in [-0.25, -0.2) is 0 Å². The number of benzene rings is 1. The van der Waals surface area contributed by atoms with Crippen LogP contribution < -0.4 is 0 Å². The predicted octanol–water partition coefficient (Wildman–Crippen LogP) is 3.58. The van der Waals surface area contributed by atoms with Crippen LogP contribution in [0.25, 0.3) is 0 Å². The van der Waals surface area contributed by atoms with Gasteiger partial charge in [-0.05, 0) is 37.7 Å². The Morgan fingerprint density at radius 2 is 1.44 bits per heavy atom. The van der Waals surface area contributed by atoms with Crippen molar-refractivity contribution in [3.05, 3.63) is 35.9 Å². The first-order valence-electron chi connectivity index (χ1n) is 7.16. The van der Waals surface area contributed by atoms with E-state index in [1.54, 1.807) is 0 Å². The van der Waals surface area contributed by atoms with Gasteiger partial charge in [0.25, 0.3) is 0 Å². The molecule has 0 aliphatic heterocycles. The lowest BCUT2D eigenvalue weighted by Crippen LogP contribution is -1.98. The molecule has 0 fully saturated rings. The van der Waals surface area contributed by atoms with Crippen LogP contribution in [0.5, 0.6) is 0 Å². The molecule has 0 amide bonds. The zero-order chi connectivity index (χ0) is 12.9. The third-order valence-corrected chi connectivity index (χ3v) is 3.04. The Morgan fingerprint density at radius 3 is 2.17 bits per heavy atom. The molecule has 1 aromatic carbocycles. The van der Waals surface area contributed by atoms with E-state index in [0.29, 0.717) is 6.61 Å². The van der Waals surface area contributed by atoms with E-state index in [1.165, 1.54) is 18.4 Å². The fourth-order valence-electron chi connectivity index (χ4n) is 1.95. The Hall–Kier alpha value is -0.860. The number of hydrogen-bond acceptors (Lipinski definition) is 2. The summed E-state index contributed by atoms with van der Waals surface area (Å²) in [5.74, 6) is 0. The summed E-state index contributed by atoms with van der Waals surface area (Å²) in [6.45, 7) is 2.07. The molecule has 2 heteroatoms. The molecule has 2 nitrogen and oxygen atoms in total. The number of aliphatic hydroxyl groups is 1. The number of unbranched alkanes of at least 4 members (excludes halogenated alkanes) is 4. The van der Waals surface area contributed by atoms with Crippen molar-refractivity contribution in [1.82, 2.24) is 0 Å². The molecular formula is C16H26O2. The standard InChI is InChI=1S/C16H26O2/c17-13-7-1-2-8-14-18-15-9-6-12-16-10-4-3-5-11-16/h3-5,10-11,17H,1-2,6-9,12-15H2. The van der Waals surface area contributed by atoms with Crippen LogP contribution >= 0.6 is 0 Å². The topological polar surface area (TPSA) is 29.5 Å². The molecule has 102 valence electrons. The van der Waals surface area contributed by atoms with Gasteiger partial charge < -0.3 is 9.84 Å². The highest BCUT2D eigenvalue weighted by Gasteiger charge is 1.94. The van der Waals surface area contributed by atoms with E-state index < -0.39 is 0 Å². The van der Waals surface area contributed by atoms with Gasteiger partial charge in [0, 0.05) is 19.8 Å². The molecule has 0 aromatic heterocycles. The zero-order valence-electron chi connectivity index (χ0n) is 11.3. The summed E-state index contributed by atoms with van der Waals surface area (Å²) < 4.78 is 5.59. The summed E-state index contributed by atoms with van der Waals surface area (Å²) in [4.78, 5) is 0. The van der Waals surface area contributed by atoms with E-state index in [4.69, 9.17) is 9.84 Å². The van der Waals surface area contributed by atoms with Crippen molar-refractivity contribution in [1.29, 1.82) is 0 Å². The Labute approximate surface area is 111 Å². The summed E-state index contributed by atoms with van der Waals surface area (Å²) in [6.07, 6.45) is 7.84. The average Bonchev–Trinajstić information content (AvgIpc) is 2.42. The van der Waals surface area contributed by atoms with Gasteiger partial charge in [0.2, 0.25) is 0 Å². The highest BCUT2D eigenvalue weighted by molar-refractivity contribution is 5.14. The molecule has 1 rings (SSSR count). The van der Waals surface area contributed by atoms with Crippen molar-refractivity contribution in [2.45, 2.75) is 44.9 Å². The normalized spacial score (nSPS) is 10.7. The van der Waals surface area contributed by atoms with E-state index in [2.05, 4.69) is 30.3 Å². The smallest absolute Gasteiger partial charge is 0.0466 e. The third kappa shape index (κ3) is 8.26. The molecule has 0 unspecified atom stereocenters. The fraction of sp³-hybridized carbons (Fsp3) is 0.625. The zero-order valence-corrected chi connectivity index (χ0v) is 11.3. The lowest BCUT2D eigenvalue weighted by atomic mass is 10.1. The molecule has 0 aliphatic carbocycles. The van der Waals surface area contributed by atoms with Crippen LogP contribution in [0.4, 0.5) is 0 Å². The first-order valence-corrected chi connectivity index (χ1v) is 7.16. The van der Waals surface area contributed by atoms with Gasteiger partial charge in [-0.3, -0.25) is 0 Å². The van der Waals surface area contributed by atoms with E-state index in [-0.39, 0.29) is 0 Å². The maximum absolute atomic E-state index is 8.63. The lowest BCUT2D eigenvalue weighted by Gasteiger charge is -2.04. The molecule has 0 bridgehead atoms. The highest BCUT2D eigenvalue weighted by atomic mass is 16.5. The molecule has 18 heavy (non-hydrogen) atoms. The van der Waals surface area contributed by atoms with Gasteiger partial charge in [-0.2, -0.15) is 0 Å². The molecule has 1 N–H and O–H groups in total. The van der Waals surface area contributed by atoms with E-state index in [1.807, 2.05) is 0 Å². The largest absolute Gasteiger partial charge is 0.396 e. The summed E-state index contributed by atoms with van der Waals surface area (Å²) in [5, 5.41) is 8.63. The number of hydrogen-bond donors (Lipinski definition) is 1. The van der Waals surface area contributed by atoms with Crippen LogP contribution in [0.2, 0.25) is 0 Å². The van der Waals surface area contributed by atoms with Crippen LogP contribution in [0.1, 0.15) is 44.1 Å². The Kier molecular flexibility index (Phi) is 9.49. The minimum absolute atomic E-state index is 0.320. The highest BCUT2D eigenvalue weighted by Crippen LogP contribution is 2.05. The number of rotatable bonds is 11. The second kappa shape index (κ2) is 11.2. The third-order valence-electron chi connectivity index (χ3n) is 3.04. The van der Waals surface area contributed by atoms with Gasteiger partial charge in [0.05, 0.1) is 0 Å². The molecule has 1 aromatic rings. The van der Waals surface area contributed by atoms with Crippen LogP contribution in [0, 0.1) is 0 Å². The quantitative estimate of drug-likeness (QED) is 0.608. The van der Waals surface area contributed by atoms with Gasteiger partial charge >= 0.3 is 0 Å². The van der Waals surface area contributed by atoms with Crippen molar-refractivity contribution >= 4 is 0 Å². The van der Waals surface area contributed by atoms with Crippen LogP contribution in [-0.2, 0) is 11.2 Å². The molecule has 0 saturated carbocycles. The lowest BCUT2D eigenvalue weighted by molar-refractivity contribution is 0.126. The summed E-state index contributed by atoms with van der Waals surface area (Å²) in [7, 11) is 0. The Balaban J connectivity index is 1.82. The number of aliphatic hydroxyl groups excluding tert-OH is 1. The second-order valence-electron chi connectivity index (χ2n) is 4.69. The van der Waals surface area contributed by atoms with Crippen molar-refractivity contribution in [2.24, 2.45) is 0 Å². The second-order valence-corrected chi connectivity index (χ2v) is 4.69. The first kappa shape index (κ1) is 15.2. The minimum atomic E-state index is 0.320. The molecular weight excluding hydrogens is 224 g/mol. The van der Waals surface area contributed by atoms with Crippen molar-refractivity contribution < 1.29 is 9.84 Å². The Bertz CT molecular complexity index is 272. The maximum Gasteiger partial charge on any atom is 0.0466 e. The summed E-state index contributed by atoms with van der Waals surface area (Å²) in [6, 6.07) is 10.6. The molecule has 0 spiro atoms. The number of ether oxygens (including phenoxy) is 1. The van der Waals surface area contributed by atoms with Gasteiger partial charge in [-0.15, -0.1) is 0 Å². The van der Waals surface area contributed by atoms with E-state index in [0.717, 1.165) is 45.3 Å². The monoisotopic (exact) mass is 250 g/mol. The van der Waals surface area contributed by atoms with E-state index in [9.17, 15) is 0 Å². The van der Waals surface area contributed by atoms with Crippen molar-refractivity contribution in [3.8, 4) is 0 Å². The minimum Gasteiger partial charge on any atom is -0.396 e. The molecule has 0 saturated heterocycles. The van der Waals surface area contributed by atoms with Gasteiger partial charge in [-0.1, -0.05) is 43.2 Å². The molecule has 0 aliphatic rings. The maximum atomic E-state index is 8.63. The van der Waals surface area contributed by atoms with Crippen molar-refractivity contribution in [3.63, 3.8) is 0 Å². The average molecular weight is 250 g/mol. The SMILES string of the molecule is OCCCCCCOCCCCc1ccccc1. The van der Waals surface area contributed by atoms with Gasteiger partial charge in [0.15, 0.2) is 0 Å². The van der Waals surface area contributed by atoms with Crippen LogP contribution in [0.3, 0.4) is 0 Å². The molecule has 0 radical (unpaired) electrons. The molecule has 0 heterocycles. The summed E-state index contributed by atoms with van der Waals surface area (Å²) >= 11 is 0. The predicted molar refractivity (Wildman–Crippen MR) is 75.8 cm³/mol.